The molecule has 37 heavy (non-hydrogen) atoms. The van der Waals surface area contributed by atoms with Crippen LogP contribution in [0.25, 0.3) is 38.6 Å². The Bertz CT molecular complexity index is 1700. The number of aromatic nitrogens is 1. The van der Waals surface area contributed by atoms with E-state index in [1.54, 1.807) is 0 Å². The van der Waals surface area contributed by atoms with E-state index in [-0.39, 0.29) is 5.41 Å². The van der Waals surface area contributed by atoms with Crippen molar-refractivity contribution in [3.05, 3.63) is 96.1 Å². The molecule has 0 spiro atoms. The Labute approximate surface area is 219 Å². The van der Waals surface area contributed by atoms with Gasteiger partial charge >= 0.3 is 7.12 Å². The summed E-state index contributed by atoms with van der Waals surface area (Å²) in [5, 5.41) is 2.53. The summed E-state index contributed by atoms with van der Waals surface area (Å²) in [7, 11) is -0.468. The minimum Gasteiger partial charge on any atom is -0.399 e. The van der Waals surface area contributed by atoms with Gasteiger partial charge in [-0.2, -0.15) is 0 Å². The topological polar surface area (TPSA) is 23.4 Å². The first-order valence-electron chi connectivity index (χ1n) is 13.2. The van der Waals surface area contributed by atoms with Crippen LogP contribution in [0.4, 0.5) is 0 Å². The lowest BCUT2D eigenvalue weighted by Gasteiger charge is -2.32. The lowest BCUT2D eigenvalue weighted by molar-refractivity contribution is 0.00578. The van der Waals surface area contributed by atoms with Gasteiger partial charge < -0.3 is 13.9 Å². The molecule has 0 N–H and O–H groups in total. The molecular weight excluding hydrogens is 453 g/mol. The van der Waals surface area contributed by atoms with Crippen molar-refractivity contribution in [2.24, 2.45) is 0 Å². The normalized spacial score (nSPS) is 18.9. The van der Waals surface area contributed by atoms with Gasteiger partial charge in [-0.05, 0) is 68.1 Å². The zero-order valence-electron chi connectivity index (χ0n) is 22.4. The first-order chi connectivity index (χ1) is 17.6. The van der Waals surface area contributed by atoms with Crippen LogP contribution in [-0.4, -0.2) is 22.9 Å². The van der Waals surface area contributed by atoms with Crippen LogP contribution >= 0.6 is 0 Å². The van der Waals surface area contributed by atoms with Crippen LogP contribution in [0.2, 0.25) is 0 Å². The molecule has 184 valence electrons. The molecule has 1 saturated heterocycles. The second-order valence-corrected chi connectivity index (χ2v) is 12.1. The van der Waals surface area contributed by atoms with Crippen molar-refractivity contribution in [2.45, 2.75) is 58.2 Å². The first-order valence-corrected chi connectivity index (χ1v) is 13.2. The molecule has 7 rings (SSSR count). The third-order valence-corrected chi connectivity index (χ3v) is 9.03. The van der Waals surface area contributed by atoms with Crippen molar-refractivity contribution >= 4 is 34.4 Å². The highest BCUT2D eigenvalue weighted by Gasteiger charge is 2.53. The molecule has 4 heteroatoms. The lowest BCUT2D eigenvalue weighted by atomic mass is 9.73. The molecule has 1 aromatic heterocycles. The highest BCUT2D eigenvalue weighted by atomic mass is 16.7. The van der Waals surface area contributed by atoms with Gasteiger partial charge in [0.25, 0.3) is 0 Å². The Kier molecular flexibility index (Phi) is 4.55. The van der Waals surface area contributed by atoms with E-state index < -0.39 is 18.3 Å². The number of nitrogens with zero attached hydrogens (tertiary/aromatic N) is 1. The summed E-state index contributed by atoms with van der Waals surface area (Å²) in [4.78, 5) is 0. The van der Waals surface area contributed by atoms with E-state index >= 15 is 0 Å². The smallest absolute Gasteiger partial charge is 0.399 e. The number of hydrogen-bond donors (Lipinski definition) is 0. The van der Waals surface area contributed by atoms with Crippen molar-refractivity contribution in [3.63, 3.8) is 0 Å². The van der Waals surface area contributed by atoms with Gasteiger partial charge in [-0.1, -0.05) is 80.6 Å². The molecule has 1 aliphatic carbocycles. The molecular formula is C33H32BNO2. The number of rotatable bonds is 2. The van der Waals surface area contributed by atoms with Crippen molar-refractivity contribution in [1.29, 1.82) is 0 Å². The fraction of sp³-hybridized carbons (Fsp3) is 0.273. The summed E-state index contributed by atoms with van der Waals surface area (Å²) in [5.74, 6) is 0. The van der Waals surface area contributed by atoms with Gasteiger partial charge in [-0.3, -0.25) is 0 Å². The highest BCUT2D eigenvalue weighted by Crippen LogP contribution is 2.53. The summed E-state index contributed by atoms with van der Waals surface area (Å²) in [6, 6.07) is 30.7. The molecule has 0 unspecified atom stereocenters. The summed E-state index contributed by atoms with van der Waals surface area (Å²) < 4.78 is 15.8. The van der Waals surface area contributed by atoms with Crippen LogP contribution in [-0.2, 0) is 14.7 Å². The zero-order chi connectivity index (χ0) is 25.7. The van der Waals surface area contributed by atoms with Gasteiger partial charge in [-0.25, -0.2) is 0 Å². The van der Waals surface area contributed by atoms with Gasteiger partial charge in [0.2, 0.25) is 0 Å². The molecule has 0 atom stereocenters. The molecule has 4 aromatic carbocycles. The molecule has 2 heterocycles. The summed E-state index contributed by atoms with van der Waals surface area (Å²) in [5.41, 5.74) is 8.96. The fourth-order valence-corrected chi connectivity index (χ4v) is 6.36. The molecule has 0 bridgehead atoms. The zero-order valence-corrected chi connectivity index (χ0v) is 22.4. The van der Waals surface area contributed by atoms with E-state index in [0.717, 1.165) is 16.7 Å². The van der Waals surface area contributed by atoms with Crippen molar-refractivity contribution in [3.8, 4) is 16.8 Å². The standard InChI is InChI=1S/C33H32BNO2/c1-31(2)24-18-12-10-16-22(24)28-25(31)20-26(34-36-32(3,4)33(5,6)37-34)30-29(28)23-17-11-13-19-27(23)35(30)21-14-8-7-9-15-21/h7-20H,1-6H3. The Morgan fingerprint density at radius 1 is 0.676 bits per heavy atom. The molecule has 0 saturated carbocycles. The molecule has 3 nitrogen and oxygen atoms in total. The summed E-state index contributed by atoms with van der Waals surface area (Å²) in [6.45, 7) is 13.2. The van der Waals surface area contributed by atoms with Gasteiger partial charge in [0, 0.05) is 27.3 Å². The quantitative estimate of drug-likeness (QED) is 0.244. The SMILES string of the molecule is CC1(C)c2ccccc2-c2c1cc(B1OC(C)(C)C(C)(C)O1)c1c2c2ccccc2n1-c1ccccc1. The van der Waals surface area contributed by atoms with E-state index in [2.05, 4.69) is 131 Å². The third-order valence-electron chi connectivity index (χ3n) is 9.03. The maximum atomic E-state index is 6.71. The average molecular weight is 485 g/mol. The highest BCUT2D eigenvalue weighted by molar-refractivity contribution is 6.65. The van der Waals surface area contributed by atoms with E-state index in [4.69, 9.17) is 9.31 Å². The molecule has 0 amide bonds. The van der Waals surface area contributed by atoms with Crippen LogP contribution in [0.3, 0.4) is 0 Å². The average Bonchev–Trinajstić information content (AvgIpc) is 3.42. The molecule has 1 aliphatic heterocycles. The predicted molar refractivity (Wildman–Crippen MR) is 154 cm³/mol. The van der Waals surface area contributed by atoms with Gasteiger partial charge in [0.05, 0.1) is 22.2 Å². The minimum atomic E-state index is -0.468. The van der Waals surface area contributed by atoms with Gasteiger partial charge in [0.15, 0.2) is 0 Å². The largest absolute Gasteiger partial charge is 0.497 e. The second kappa shape index (κ2) is 7.37. The Balaban J connectivity index is 1.68. The van der Waals surface area contributed by atoms with Crippen LogP contribution in [0, 0.1) is 0 Å². The van der Waals surface area contributed by atoms with Gasteiger partial charge in [0.1, 0.15) is 0 Å². The minimum absolute atomic E-state index is 0.130. The van der Waals surface area contributed by atoms with Crippen molar-refractivity contribution in [2.75, 3.05) is 0 Å². The third kappa shape index (κ3) is 2.97. The van der Waals surface area contributed by atoms with Gasteiger partial charge in [-0.15, -0.1) is 0 Å². The van der Waals surface area contributed by atoms with Crippen molar-refractivity contribution < 1.29 is 9.31 Å². The second-order valence-electron chi connectivity index (χ2n) is 12.1. The summed E-state index contributed by atoms with van der Waals surface area (Å²) >= 11 is 0. The maximum absolute atomic E-state index is 6.71. The Morgan fingerprint density at radius 2 is 1.30 bits per heavy atom. The lowest BCUT2D eigenvalue weighted by Crippen LogP contribution is -2.41. The van der Waals surface area contributed by atoms with Crippen molar-refractivity contribution in [1.82, 2.24) is 4.57 Å². The van der Waals surface area contributed by atoms with E-state index in [9.17, 15) is 0 Å². The van der Waals surface area contributed by atoms with E-state index in [0.29, 0.717) is 0 Å². The monoisotopic (exact) mass is 485 g/mol. The van der Waals surface area contributed by atoms with Crippen LogP contribution < -0.4 is 5.46 Å². The number of benzene rings is 4. The molecule has 1 fully saturated rings. The van der Waals surface area contributed by atoms with Crippen LogP contribution in [0.15, 0.2) is 84.9 Å². The predicted octanol–water partition coefficient (Wildman–Crippen LogP) is 7.39. The molecule has 0 radical (unpaired) electrons. The Hall–Kier alpha value is -3.34. The number of para-hydroxylation sites is 2. The first kappa shape index (κ1) is 22.8. The van der Waals surface area contributed by atoms with Crippen LogP contribution in [0.5, 0.6) is 0 Å². The fourth-order valence-electron chi connectivity index (χ4n) is 6.36. The Morgan fingerprint density at radius 3 is 2.03 bits per heavy atom. The van der Waals surface area contributed by atoms with E-state index in [1.807, 2.05) is 0 Å². The van der Waals surface area contributed by atoms with E-state index in [1.165, 1.54) is 38.5 Å². The maximum Gasteiger partial charge on any atom is 0.497 e. The summed E-state index contributed by atoms with van der Waals surface area (Å²) in [6.07, 6.45) is 0. The number of fused-ring (bicyclic) bond motifs is 7. The number of hydrogen-bond acceptors (Lipinski definition) is 2. The van der Waals surface area contributed by atoms with Crippen LogP contribution in [0.1, 0.15) is 52.7 Å². The molecule has 2 aliphatic rings. The molecule has 5 aromatic rings.